The summed E-state index contributed by atoms with van der Waals surface area (Å²) in [6, 6.07) is 0. The normalized spacial score (nSPS) is 27.2. The van der Waals surface area contributed by atoms with Gasteiger partial charge in [0, 0.05) is 12.3 Å². The van der Waals surface area contributed by atoms with E-state index < -0.39 is 0 Å². The molecule has 0 fully saturated rings. The molecular formula is C11H16O2. The third-order valence-electron chi connectivity index (χ3n) is 2.07. The number of carbonyl (C=O) groups is 1. The van der Waals surface area contributed by atoms with Crippen molar-refractivity contribution in [3.05, 3.63) is 24.8 Å². The minimum absolute atomic E-state index is 0.167. The second-order valence-corrected chi connectivity index (χ2v) is 3.45. The minimum Gasteiger partial charge on any atom is -0.373 e. The molecule has 0 bridgehead atoms. The molecule has 0 amide bonds. The molecule has 1 aliphatic rings. The van der Waals surface area contributed by atoms with E-state index in [9.17, 15) is 4.79 Å². The van der Waals surface area contributed by atoms with E-state index in [1.165, 1.54) is 0 Å². The lowest BCUT2D eigenvalue weighted by Gasteiger charge is -2.22. The number of Topliss-reactive ketones (excluding diaryl/α,β-unsaturated/α-hetero) is 1. The standard InChI is InChI=1S/C11H16O2/c1-3-4-11-6-5-10(8-13-11)7-9(2)12/h3,5-6,10-11H,1,4,7-8H2,2H3/t10-,11-/m0/s1. The molecule has 1 rings (SSSR count). The van der Waals surface area contributed by atoms with Gasteiger partial charge in [0.1, 0.15) is 5.78 Å². The van der Waals surface area contributed by atoms with E-state index in [1.54, 1.807) is 6.92 Å². The Balaban J connectivity index is 2.37. The Kier molecular flexibility index (Phi) is 3.90. The molecule has 0 N–H and O–H groups in total. The molecule has 0 radical (unpaired) electrons. The molecule has 0 aromatic carbocycles. The van der Waals surface area contributed by atoms with Gasteiger partial charge in [0.25, 0.3) is 0 Å². The van der Waals surface area contributed by atoms with E-state index >= 15 is 0 Å². The van der Waals surface area contributed by atoms with Crippen molar-refractivity contribution in [1.29, 1.82) is 0 Å². The summed E-state index contributed by atoms with van der Waals surface area (Å²) in [6.07, 6.45) is 7.57. The smallest absolute Gasteiger partial charge is 0.130 e. The highest BCUT2D eigenvalue weighted by molar-refractivity contribution is 5.75. The summed E-state index contributed by atoms with van der Waals surface area (Å²) >= 11 is 0. The van der Waals surface area contributed by atoms with Gasteiger partial charge in [-0.25, -0.2) is 0 Å². The lowest BCUT2D eigenvalue weighted by atomic mass is 10.00. The minimum atomic E-state index is 0.167. The van der Waals surface area contributed by atoms with Gasteiger partial charge in [0.05, 0.1) is 12.7 Å². The molecule has 0 aliphatic carbocycles. The van der Waals surface area contributed by atoms with Crippen LogP contribution in [0, 0.1) is 5.92 Å². The molecule has 2 atom stereocenters. The van der Waals surface area contributed by atoms with Crippen molar-refractivity contribution in [2.75, 3.05) is 6.61 Å². The van der Waals surface area contributed by atoms with Gasteiger partial charge < -0.3 is 9.53 Å². The van der Waals surface area contributed by atoms with E-state index in [4.69, 9.17) is 4.74 Å². The molecule has 1 aliphatic heterocycles. The molecule has 13 heavy (non-hydrogen) atoms. The highest BCUT2D eigenvalue weighted by atomic mass is 16.5. The Morgan fingerprint density at radius 2 is 2.46 bits per heavy atom. The Morgan fingerprint density at radius 3 is 2.92 bits per heavy atom. The highest BCUT2D eigenvalue weighted by Gasteiger charge is 2.15. The summed E-state index contributed by atoms with van der Waals surface area (Å²) < 4.78 is 5.52. The molecule has 0 aromatic heterocycles. The van der Waals surface area contributed by atoms with Gasteiger partial charge in [-0.3, -0.25) is 0 Å². The van der Waals surface area contributed by atoms with Gasteiger partial charge in [0.2, 0.25) is 0 Å². The van der Waals surface area contributed by atoms with Crippen LogP contribution < -0.4 is 0 Å². The van der Waals surface area contributed by atoms with Gasteiger partial charge in [-0.05, 0) is 13.3 Å². The fraction of sp³-hybridized carbons (Fsp3) is 0.545. The fourth-order valence-electron chi connectivity index (χ4n) is 1.45. The van der Waals surface area contributed by atoms with Crippen molar-refractivity contribution in [2.45, 2.75) is 25.9 Å². The SMILES string of the molecule is C=CC[C@H]1C=C[C@@H](CC(C)=O)CO1. The van der Waals surface area contributed by atoms with Crippen molar-refractivity contribution < 1.29 is 9.53 Å². The van der Waals surface area contributed by atoms with Gasteiger partial charge in [-0.1, -0.05) is 18.2 Å². The molecule has 0 saturated heterocycles. The molecule has 1 heterocycles. The average Bonchev–Trinajstić information content (AvgIpc) is 2.08. The van der Waals surface area contributed by atoms with Gasteiger partial charge in [-0.15, -0.1) is 6.58 Å². The van der Waals surface area contributed by atoms with E-state index in [2.05, 4.69) is 12.7 Å². The molecule has 0 unspecified atom stereocenters. The van der Waals surface area contributed by atoms with Crippen molar-refractivity contribution in [1.82, 2.24) is 0 Å². The van der Waals surface area contributed by atoms with Gasteiger partial charge in [-0.2, -0.15) is 0 Å². The Morgan fingerprint density at radius 1 is 1.69 bits per heavy atom. The Labute approximate surface area is 79.3 Å². The van der Waals surface area contributed by atoms with Crippen LogP contribution >= 0.6 is 0 Å². The predicted molar refractivity (Wildman–Crippen MR) is 52.5 cm³/mol. The lowest BCUT2D eigenvalue weighted by Crippen LogP contribution is -2.21. The second-order valence-electron chi connectivity index (χ2n) is 3.45. The Bertz CT molecular complexity index is 218. The number of carbonyl (C=O) groups excluding carboxylic acids is 1. The zero-order valence-corrected chi connectivity index (χ0v) is 8.03. The van der Waals surface area contributed by atoms with E-state index in [0.29, 0.717) is 13.0 Å². The lowest BCUT2D eigenvalue weighted by molar-refractivity contribution is -0.118. The molecule has 0 aromatic rings. The first-order valence-electron chi connectivity index (χ1n) is 4.62. The first-order chi connectivity index (χ1) is 6.22. The monoisotopic (exact) mass is 180 g/mol. The van der Waals surface area contributed by atoms with E-state index in [0.717, 1.165) is 6.42 Å². The largest absolute Gasteiger partial charge is 0.373 e. The maximum Gasteiger partial charge on any atom is 0.130 e. The molecule has 72 valence electrons. The quantitative estimate of drug-likeness (QED) is 0.619. The van der Waals surface area contributed by atoms with Crippen molar-refractivity contribution >= 4 is 5.78 Å². The van der Waals surface area contributed by atoms with Crippen LogP contribution in [0.5, 0.6) is 0 Å². The number of hydrogen-bond acceptors (Lipinski definition) is 2. The van der Waals surface area contributed by atoms with Crippen LogP contribution in [0.4, 0.5) is 0 Å². The van der Waals surface area contributed by atoms with Gasteiger partial charge in [0.15, 0.2) is 0 Å². The van der Waals surface area contributed by atoms with Crippen molar-refractivity contribution in [3.63, 3.8) is 0 Å². The third kappa shape index (κ3) is 3.55. The highest BCUT2D eigenvalue weighted by Crippen LogP contribution is 2.16. The van der Waals surface area contributed by atoms with Crippen LogP contribution in [-0.2, 0) is 9.53 Å². The molecule has 0 saturated carbocycles. The van der Waals surface area contributed by atoms with Crippen molar-refractivity contribution in [2.24, 2.45) is 5.92 Å². The Hall–Kier alpha value is -0.890. The summed E-state index contributed by atoms with van der Waals surface area (Å²) in [4.78, 5) is 10.8. The van der Waals surface area contributed by atoms with Crippen LogP contribution in [0.15, 0.2) is 24.8 Å². The van der Waals surface area contributed by atoms with Crippen LogP contribution in [0.25, 0.3) is 0 Å². The number of hydrogen-bond donors (Lipinski definition) is 0. The number of rotatable bonds is 4. The molecular weight excluding hydrogens is 164 g/mol. The van der Waals surface area contributed by atoms with Gasteiger partial charge >= 0.3 is 0 Å². The zero-order valence-electron chi connectivity index (χ0n) is 8.03. The molecule has 2 heteroatoms. The van der Waals surface area contributed by atoms with Crippen LogP contribution in [0.3, 0.4) is 0 Å². The van der Waals surface area contributed by atoms with E-state index in [-0.39, 0.29) is 17.8 Å². The summed E-state index contributed by atoms with van der Waals surface area (Å²) in [6.45, 7) is 5.93. The predicted octanol–water partition coefficient (Wildman–Crippen LogP) is 2.11. The number of ketones is 1. The number of ether oxygens (including phenoxy) is 1. The molecule has 2 nitrogen and oxygen atoms in total. The van der Waals surface area contributed by atoms with Crippen LogP contribution in [0.2, 0.25) is 0 Å². The maximum atomic E-state index is 10.8. The maximum absolute atomic E-state index is 10.8. The third-order valence-corrected chi connectivity index (χ3v) is 2.07. The fourth-order valence-corrected chi connectivity index (χ4v) is 1.45. The van der Waals surface area contributed by atoms with Crippen molar-refractivity contribution in [3.8, 4) is 0 Å². The summed E-state index contributed by atoms with van der Waals surface area (Å²) in [5.74, 6) is 0.499. The first kappa shape index (κ1) is 10.2. The molecule has 0 spiro atoms. The summed E-state index contributed by atoms with van der Waals surface area (Å²) in [5.41, 5.74) is 0. The van der Waals surface area contributed by atoms with Crippen LogP contribution in [-0.4, -0.2) is 18.5 Å². The first-order valence-corrected chi connectivity index (χ1v) is 4.62. The topological polar surface area (TPSA) is 26.3 Å². The second kappa shape index (κ2) is 4.97. The average molecular weight is 180 g/mol. The van der Waals surface area contributed by atoms with E-state index in [1.807, 2.05) is 12.2 Å². The summed E-state index contributed by atoms with van der Waals surface area (Å²) in [5, 5.41) is 0. The van der Waals surface area contributed by atoms with Crippen LogP contribution in [0.1, 0.15) is 19.8 Å². The summed E-state index contributed by atoms with van der Waals surface area (Å²) in [7, 11) is 0. The zero-order chi connectivity index (χ0) is 9.68.